The van der Waals surface area contributed by atoms with Gasteiger partial charge in [0, 0.05) is 10.5 Å². The first-order valence-electron chi connectivity index (χ1n) is 8.01. The second kappa shape index (κ2) is 7.59. The van der Waals surface area contributed by atoms with E-state index in [0.717, 1.165) is 28.7 Å². The molecule has 1 heterocycles. The first-order chi connectivity index (χ1) is 11.2. The van der Waals surface area contributed by atoms with Crippen LogP contribution in [-0.2, 0) is 0 Å². The molecule has 1 aliphatic rings. The molecule has 120 valence electrons. The van der Waals surface area contributed by atoms with Gasteiger partial charge in [0.25, 0.3) is 5.91 Å². The third kappa shape index (κ3) is 4.32. The van der Waals surface area contributed by atoms with Crippen LogP contribution in [0.15, 0.2) is 47.1 Å². The molecule has 23 heavy (non-hydrogen) atoms. The van der Waals surface area contributed by atoms with E-state index in [2.05, 4.69) is 31.5 Å². The Kier molecular flexibility index (Phi) is 5.28. The van der Waals surface area contributed by atoms with Crippen LogP contribution in [0.25, 0.3) is 0 Å². The van der Waals surface area contributed by atoms with Crippen molar-refractivity contribution in [3.8, 4) is 0 Å². The van der Waals surface area contributed by atoms with Gasteiger partial charge in [-0.25, -0.2) is 4.98 Å². The normalized spacial score (nSPS) is 15.2. The smallest absolute Gasteiger partial charge is 0.270 e. The quantitative estimate of drug-likeness (QED) is 0.819. The molecule has 5 heteroatoms. The lowest BCUT2D eigenvalue weighted by Gasteiger charge is -2.22. The van der Waals surface area contributed by atoms with Crippen LogP contribution in [0, 0.1) is 0 Å². The third-order valence-corrected chi connectivity index (χ3v) is 4.78. The molecule has 3 rings (SSSR count). The van der Waals surface area contributed by atoms with Crippen molar-refractivity contribution in [2.45, 2.75) is 38.1 Å². The van der Waals surface area contributed by atoms with Gasteiger partial charge in [0.05, 0.1) is 17.6 Å². The molecule has 2 N–H and O–H groups in total. The number of anilines is 2. The number of amides is 1. The Bertz CT molecular complexity index is 666. The number of pyridine rings is 1. The molecule has 0 saturated heterocycles. The van der Waals surface area contributed by atoms with Gasteiger partial charge in [-0.05, 0) is 53.0 Å². The molecule has 0 aliphatic heterocycles. The van der Waals surface area contributed by atoms with E-state index in [0.29, 0.717) is 11.7 Å². The topological polar surface area (TPSA) is 54.0 Å². The summed E-state index contributed by atoms with van der Waals surface area (Å²) in [6, 6.07) is 11.8. The van der Waals surface area contributed by atoms with Crippen LogP contribution in [0.1, 0.15) is 42.6 Å². The fourth-order valence-electron chi connectivity index (χ4n) is 2.83. The van der Waals surface area contributed by atoms with Gasteiger partial charge in [-0.15, -0.1) is 0 Å². The van der Waals surface area contributed by atoms with Gasteiger partial charge in [0.15, 0.2) is 0 Å². The van der Waals surface area contributed by atoms with Crippen molar-refractivity contribution < 1.29 is 4.79 Å². The van der Waals surface area contributed by atoms with Crippen molar-refractivity contribution in [1.29, 1.82) is 0 Å². The van der Waals surface area contributed by atoms with Crippen LogP contribution in [-0.4, -0.2) is 16.9 Å². The molecule has 1 aromatic heterocycles. The molecule has 0 unspecified atom stereocenters. The average Bonchev–Trinajstić information content (AvgIpc) is 2.58. The number of para-hydroxylation sites is 1. The van der Waals surface area contributed by atoms with Gasteiger partial charge < -0.3 is 10.6 Å². The molecule has 1 amide bonds. The van der Waals surface area contributed by atoms with E-state index in [9.17, 15) is 4.79 Å². The molecule has 1 aromatic carbocycles. The number of rotatable bonds is 4. The SMILES string of the molecule is O=C(NC1CCCCC1)c1ccc(Nc2ccccc2Br)cn1. The zero-order valence-electron chi connectivity index (χ0n) is 12.9. The van der Waals surface area contributed by atoms with Gasteiger partial charge in [-0.2, -0.15) is 0 Å². The Morgan fingerprint density at radius 1 is 1.09 bits per heavy atom. The summed E-state index contributed by atoms with van der Waals surface area (Å²) >= 11 is 3.50. The second-order valence-corrected chi connectivity index (χ2v) is 6.70. The van der Waals surface area contributed by atoms with E-state index in [-0.39, 0.29) is 5.91 Å². The number of nitrogens with one attached hydrogen (secondary N) is 2. The van der Waals surface area contributed by atoms with Crippen LogP contribution >= 0.6 is 15.9 Å². The van der Waals surface area contributed by atoms with Crippen LogP contribution in [0.3, 0.4) is 0 Å². The molecule has 0 bridgehead atoms. The highest BCUT2D eigenvalue weighted by Crippen LogP contribution is 2.25. The van der Waals surface area contributed by atoms with Crippen LogP contribution in [0.4, 0.5) is 11.4 Å². The lowest BCUT2D eigenvalue weighted by molar-refractivity contribution is 0.0922. The zero-order valence-corrected chi connectivity index (χ0v) is 14.5. The van der Waals surface area contributed by atoms with E-state index >= 15 is 0 Å². The first kappa shape index (κ1) is 16.0. The minimum atomic E-state index is -0.0793. The summed E-state index contributed by atoms with van der Waals surface area (Å²) in [4.78, 5) is 16.5. The van der Waals surface area contributed by atoms with Gasteiger partial charge in [0.1, 0.15) is 5.69 Å². The van der Waals surface area contributed by atoms with Gasteiger partial charge in [-0.1, -0.05) is 31.4 Å². The van der Waals surface area contributed by atoms with Crippen molar-refractivity contribution in [2.75, 3.05) is 5.32 Å². The maximum atomic E-state index is 12.2. The molecule has 0 radical (unpaired) electrons. The van der Waals surface area contributed by atoms with Gasteiger partial charge in [-0.3, -0.25) is 4.79 Å². The molecule has 4 nitrogen and oxygen atoms in total. The molecule has 0 spiro atoms. The summed E-state index contributed by atoms with van der Waals surface area (Å²) in [6.07, 6.45) is 7.52. The number of benzene rings is 1. The minimum absolute atomic E-state index is 0.0793. The fraction of sp³-hybridized carbons (Fsp3) is 0.333. The highest BCUT2D eigenvalue weighted by atomic mass is 79.9. The largest absolute Gasteiger partial charge is 0.353 e. The van der Waals surface area contributed by atoms with E-state index < -0.39 is 0 Å². The number of hydrogen-bond acceptors (Lipinski definition) is 3. The fourth-order valence-corrected chi connectivity index (χ4v) is 3.21. The average molecular weight is 374 g/mol. The molecular formula is C18H20BrN3O. The van der Waals surface area contributed by atoms with E-state index in [4.69, 9.17) is 0 Å². The minimum Gasteiger partial charge on any atom is -0.353 e. The third-order valence-electron chi connectivity index (χ3n) is 4.09. The van der Waals surface area contributed by atoms with Crippen molar-refractivity contribution in [3.63, 3.8) is 0 Å². The molecule has 1 fully saturated rings. The van der Waals surface area contributed by atoms with E-state index in [1.807, 2.05) is 30.3 Å². The summed E-state index contributed by atoms with van der Waals surface area (Å²) in [7, 11) is 0. The first-order valence-corrected chi connectivity index (χ1v) is 8.80. The highest BCUT2D eigenvalue weighted by molar-refractivity contribution is 9.10. The predicted octanol–water partition coefficient (Wildman–Crippen LogP) is 4.65. The number of carbonyl (C=O) groups excluding carboxylic acids is 1. The summed E-state index contributed by atoms with van der Waals surface area (Å²) in [5.41, 5.74) is 2.29. The maximum absolute atomic E-state index is 12.2. The Morgan fingerprint density at radius 3 is 2.57 bits per heavy atom. The Morgan fingerprint density at radius 2 is 1.87 bits per heavy atom. The molecular weight excluding hydrogens is 354 g/mol. The Balaban J connectivity index is 1.62. The predicted molar refractivity (Wildman–Crippen MR) is 96.0 cm³/mol. The number of halogens is 1. The number of nitrogens with zero attached hydrogens (tertiary/aromatic N) is 1. The van der Waals surface area contributed by atoms with Crippen molar-refractivity contribution >= 4 is 33.2 Å². The van der Waals surface area contributed by atoms with E-state index in [1.54, 1.807) is 12.3 Å². The highest BCUT2D eigenvalue weighted by Gasteiger charge is 2.17. The summed E-state index contributed by atoms with van der Waals surface area (Å²) < 4.78 is 0.985. The van der Waals surface area contributed by atoms with Crippen molar-refractivity contribution in [2.24, 2.45) is 0 Å². The molecule has 2 aromatic rings. The van der Waals surface area contributed by atoms with Crippen LogP contribution in [0.5, 0.6) is 0 Å². The van der Waals surface area contributed by atoms with E-state index in [1.165, 1.54) is 19.3 Å². The number of aromatic nitrogens is 1. The molecule has 1 saturated carbocycles. The Labute approximate surface area is 144 Å². The standard InChI is InChI=1S/C18H20BrN3O/c19-15-8-4-5-9-16(15)21-14-10-11-17(20-12-14)18(23)22-13-6-2-1-3-7-13/h4-5,8-13,21H,1-3,6-7H2,(H,22,23). The van der Waals surface area contributed by atoms with Crippen LogP contribution < -0.4 is 10.6 Å². The van der Waals surface area contributed by atoms with Gasteiger partial charge in [0.2, 0.25) is 0 Å². The Hall–Kier alpha value is -1.88. The maximum Gasteiger partial charge on any atom is 0.270 e. The zero-order chi connectivity index (χ0) is 16.1. The molecule has 1 aliphatic carbocycles. The number of carbonyl (C=O) groups is 1. The van der Waals surface area contributed by atoms with Crippen molar-refractivity contribution in [3.05, 3.63) is 52.8 Å². The van der Waals surface area contributed by atoms with Gasteiger partial charge >= 0.3 is 0 Å². The lowest BCUT2D eigenvalue weighted by atomic mass is 9.95. The second-order valence-electron chi connectivity index (χ2n) is 5.85. The van der Waals surface area contributed by atoms with Crippen molar-refractivity contribution in [1.82, 2.24) is 10.3 Å². The summed E-state index contributed by atoms with van der Waals surface area (Å²) in [6.45, 7) is 0. The molecule has 0 atom stereocenters. The lowest BCUT2D eigenvalue weighted by Crippen LogP contribution is -2.36. The summed E-state index contributed by atoms with van der Waals surface area (Å²) in [5.74, 6) is -0.0793. The monoisotopic (exact) mass is 373 g/mol. The number of hydrogen-bond donors (Lipinski definition) is 2. The van der Waals surface area contributed by atoms with Crippen LogP contribution in [0.2, 0.25) is 0 Å². The summed E-state index contributed by atoms with van der Waals surface area (Å²) in [5, 5.41) is 6.36.